The maximum absolute atomic E-state index is 12.0. The van der Waals surface area contributed by atoms with Gasteiger partial charge in [0.1, 0.15) is 68.8 Å². The summed E-state index contributed by atoms with van der Waals surface area (Å²) in [5.74, 6) is 2.39. The van der Waals surface area contributed by atoms with Crippen molar-refractivity contribution in [2.45, 2.75) is 110 Å². The van der Waals surface area contributed by atoms with Crippen LogP contribution in [0.3, 0.4) is 0 Å². The molecule has 4 N–H and O–H groups in total. The van der Waals surface area contributed by atoms with E-state index in [4.69, 9.17) is 34.3 Å². The van der Waals surface area contributed by atoms with Crippen molar-refractivity contribution in [1.29, 1.82) is 0 Å². The van der Waals surface area contributed by atoms with Gasteiger partial charge in [0.2, 0.25) is 0 Å². The molecule has 0 bridgehead atoms. The van der Waals surface area contributed by atoms with Crippen LogP contribution in [0.15, 0.2) is 174 Å². The molecule has 75 heavy (non-hydrogen) atoms. The zero-order chi connectivity index (χ0) is 54.3. The molecule has 0 aliphatic carbocycles. The fraction of sp³-hybridized carbons (Fsp3) is 0.317. The molecule has 2 amide bonds. The minimum absolute atomic E-state index is 0.152. The summed E-state index contributed by atoms with van der Waals surface area (Å²) in [6.45, 7) is 12.4. The minimum atomic E-state index is -0.638. The van der Waals surface area contributed by atoms with Gasteiger partial charge in [-0.15, -0.1) is 0 Å². The Bertz CT molecular complexity index is 2590. The molecule has 0 aliphatic heterocycles. The molecule has 0 saturated heterocycles. The Balaban J connectivity index is 0.000000246. The largest absolute Gasteiger partial charge is 0.489 e. The first-order valence-corrected chi connectivity index (χ1v) is 24.6. The van der Waals surface area contributed by atoms with E-state index in [1.165, 1.54) is 14.2 Å². The van der Waals surface area contributed by atoms with Crippen LogP contribution in [0.1, 0.15) is 74.9 Å². The summed E-state index contributed by atoms with van der Waals surface area (Å²) in [5, 5.41) is 12.8. The highest BCUT2D eigenvalue weighted by atomic mass is 16.6. The summed E-state index contributed by atoms with van der Waals surface area (Å²) in [6, 6.07) is 52.0. The maximum Gasteiger partial charge on any atom is 0.408 e. The molecule has 15 nitrogen and oxygen atoms in total. The van der Waals surface area contributed by atoms with E-state index in [-0.39, 0.29) is 12.1 Å². The Morgan fingerprint density at radius 2 is 0.787 bits per heavy atom. The third-order valence-corrected chi connectivity index (χ3v) is 10.2. The van der Waals surface area contributed by atoms with E-state index in [1.54, 1.807) is 33.2 Å². The van der Waals surface area contributed by atoms with E-state index >= 15 is 0 Å². The monoisotopic (exact) mass is 1020 g/mol. The highest BCUT2D eigenvalue weighted by molar-refractivity contribution is 5.75. The van der Waals surface area contributed by atoms with Crippen LogP contribution in [0.25, 0.3) is 0 Å². The number of oxime groups is 2. The van der Waals surface area contributed by atoms with Crippen LogP contribution in [-0.4, -0.2) is 74.4 Å². The fourth-order valence-corrected chi connectivity index (χ4v) is 6.69. The van der Waals surface area contributed by atoms with Crippen molar-refractivity contribution in [1.82, 2.24) is 10.6 Å². The number of ether oxygens (including phenoxy) is 5. The normalized spacial score (nSPS) is 12.3. The molecule has 0 radical (unpaired) electrons. The lowest BCUT2D eigenvalue weighted by Gasteiger charge is -2.22. The topological polar surface area (TPSA) is 191 Å². The Morgan fingerprint density at radius 3 is 1.12 bits per heavy atom. The smallest absolute Gasteiger partial charge is 0.408 e. The van der Waals surface area contributed by atoms with Crippen LogP contribution >= 0.6 is 0 Å². The molecule has 0 saturated carbocycles. The summed E-state index contributed by atoms with van der Waals surface area (Å²) in [7, 11) is 2.96. The van der Waals surface area contributed by atoms with Gasteiger partial charge in [-0.05, 0) is 131 Å². The van der Waals surface area contributed by atoms with Gasteiger partial charge in [0, 0.05) is 6.04 Å². The van der Waals surface area contributed by atoms with Gasteiger partial charge in [-0.2, -0.15) is 0 Å². The Labute approximate surface area is 442 Å². The van der Waals surface area contributed by atoms with Gasteiger partial charge in [0.25, 0.3) is 0 Å². The Kier molecular flexibility index (Phi) is 25.4. The van der Waals surface area contributed by atoms with E-state index in [0.717, 1.165) is 50.6 Å². The molecule has 0 aromatic heterocycles. The van der Waals surface area contributed by atoms with Crippen LogP contribution < -0.4 is 30.6 Å². The highest BCUT2D eigenvalue weighted by Gasteiger charge is 2.21. The number of nitrogens with zero attached hydrogens (tertiary/aromatic N) is 2. The van der Waals surface area contributed by atoms with Gasteiger partial charge < -0.3 is 54.5 Å². The molecule has 6 aromatic rings. The summed E-state index contributed by atoms with van der Waals surface area (Å²) >= 11 is 0. The van der Waals surface area contributed by atoms with Gasteiger partial charge in [-0.3, -0.25) is 0 Å². The maximum atomic E-state index is 12.0. The SMILES string of the molecule is CC(C)(C)OC(=O)N[C@H](C=O)Cc1ccc(OCc2ccccc2)cc1.CO/N=C/[C@@H](N)Cc1ccc(OCc2ccccc2)cc1.CO/N=C/[C@H](Cc1ccc(OCc2ccccc2)cc1)NC(=O)OC(C)(C)C. The van der Waals surface area contributed by atoms with E-state index < -0.39 is 29.4 Å². The van der Waals surface area contributed by atoms with Gasteiger partial charge >= 0.3 is 12.2 Å². The number of hydrogen-bond donors (Lipinski definition) is 3. The average molecular weight is 1020 g/mol. The first-order chi connectivity index (χ1) is 36.0. The highest BCUT2D eigenvalue weighted by Crippen LogP contribution is 2.19. The molecule has 15 heteroatoms. The number of nitrogens with two attached hydrogens (primary N) is 1. The van der Waals surface area contributed by atoms with Gasteiger partial charge in [0.05, 0.1) is 24.5 Å². The van der Waals surface area contributed by atoms with Crippen LogP contribution in [0, 0.1) is 0 Å². The van der Waals surface area contributed by atoms with Gasteiger partial charge in [0.15, 0.2) is 0 Å². The standard InChI is InChI=1S/C22H28N2O4.C21H25NO4.C17H20N2O2/c1-22(2,3)28-21(25)24-19(15-23-26-4)14-17-10-12-20(13-11-17)27-16-18-8-6-5-7-9-18;1-21(2,3)26-20(24)22-18(14-23)13-16-9-11-19(12-10-16)25-15-17-7-5-4-6-8-17;1-20-19-12-16(18)11-14-7-9-17(10-8-14)21-13-15-5-3-2-4-6-15/h5-13,15,19H,14,16H2,1-4H3,(H,24,25);4-12,14,18H,13,15H2,1-3H3,(H,22,24);2-10,12,16H,11,13,18H2,1H3/b23-15+;;19-12+/t19-;18-;16-/m000/s1. The number of carbonyl (C=O) groups excluding carboxylic acids is 3. The van der Waals surface area contributed by atoms with Crippen LogP contribution in [-0.2, 0) is 63.0 Å². The Hall–Kier alpha value is -8.17. The molecule has 6 aromatic carbocycles. The number of amides is 2. The van der Waals surface area contributed by atoms with Crippen molar-refractivity contribution in [3.05, 3.63) is 197 Å². The summed E-state index contributed by atoms with van der Waals surface area (Å²) in [5.41, 5.74) is 11.2. The van der Waals surface area contributed by atoms with Crippen molar-refractivity contribution in [2.75, 3.05) is 14.2 Å². The third-order valence-electron chi connectivity index (χ3n) is 10.2. The predicted molar refractivity (Wildman–Crippen MR) is 294 cm³/mol. The zero-order valence-corrected chi connectivity index (χ0v) is 44.3. The average Bonchev–Trinajstić information content (AvgIpc) is 3.39. The number of benzene rings is 6. The first-order valence-electron chi connectivity index (χ1n) is 24.6. The van der Waals surface area contributed by atoms with E-state index in [9.17, 15) is 14.4 Å². The number of rotatable bonds is 22. The number of carbonyl (C=O) groups is 3. The molecule has 398 valence electrons. The number of aldehydes is 1. The first kappa shape index (κ1) is 59.4. The van der Waals surface area contributed by atoms with E-state index in [2.05, 4.69) is 25.8 Å². The molecule has 0 unspecified atom stereocenters. The van der Waals surface area contributed by atoms with Crippen LogP contribution in [0.5, 0.6) is 17.2 Å². The molecule has 3 atom stereocenters. The number of hydrogen-bond acceptors (Lipinski definition) is 13. The molecule has 0 aliphatic rings. The number of alkyl carbamates (subject to hydrolysis) is 2. The minimum Gasteiger partial charge on any atom is -0.489 e. The number of nitrogens with one attached hydrogen (secondary N) is 2. The molecule has 0 heterocycles. The van der Waals surface area contributed by atoms with Crippen LogP contribution in [0.2, 0.25) is 0 Å². The molecular weight excluding hydrogens is 951 g/mol. The van der Waals surface area contributed by atoms with E-state index in [0.29, 0.717) is 45.4 Å². The summed E-state index contributed by atoms with van der Waals surface area (Å²) in [6.07, 6.45) is 4.41. The molecular formula is C60H73N5O10. The van der Waals surface area contributed by atoms with E-state index in [1.807, 2.05) is 185 Å². The lowest BCUT2D eigenvalue weighted by molar-refractivity contribution is -0.109. The zero-order valence-electron chi connectivity index (χ0n) is 44.3. The predicted octanol–water partition coefficient (Wildman–Crippen LogP) is 11.0. The van der Waals surface area contributed by atoms with Crippen molar-refractivity contribution >= 4 is 30.9 Å². The molecule has 0 fully saturated rings. The van der Waals surface area contributed by atoms with Crippen molar-refractivity contribution in [3.8, 4) is 17.2 Å². The molecule has 0 spiro atoms. The second kappa shape index (κ2) is 32.1. The molecule has 6 rings (SSSR count). The third kappa shape index (κ3) is 26.4. The van der Waals surface area contributed by atoms with Crippen molar-refractivity contribution in [3.63, 3.8) is 0 Å². The van der Waals surface area contributed by atoms with Gasteiger partial charge in [-0.1, -0.05) is 138 Å². The van der Waals surface area contributed by atoms with Crippen LogP contribution in [0.4, 0.5) is 9.59 Å². The quantitative estimate of drug-likeness (QED) is 0.0333. The fourth-order valence-electron chi connectivity index (χ4n) is 6.69. The van der Waals surface area contributed by atoms with Crippen molar-refractivity contribution < 1.29 is 47.7 Å². The second-order valence-electron chi connectivity index (χ2n) is 19.0. The van der Waals surface area contributed by atoms with Gasteiger partial charge in [-0.25, -0.2) is 9.59 Å². The Morgan fingerprint density at radius 1 is 0.467 bits per heavy atom. The summed E-state index contributed by atoms with van der Waals surface area (Å²) in [4.78, 5) is 44.4. The summed E-state index contributed by atoms with van der Waals surface area (Å²) < 4.78 is 27.8. The lowest BCUT2D eigenvalue weighted by atomic mass is 10.1. The van der Waals surface area contributed by atoms with Crippen molar-refractivity contribution in [2.24, 2.45) is 16.0 Å². The lowest BCUT2D eigenvalue weighted by Crippen LogP contribution is -2.41. The second-order valence-corrected chi connectivity index (χ2v) is 19.0.